The van der Waals surface area contributed by atoms with Gasteiger partial charge in [-0.1, -0.05) is 12.1 Å². The molecule has 0 bridgehead atoms. The molecule has 0 amide bonds. The molecule has 0 aliphatic carbocycles. The zero-order chi connectivity index (χ0) is 16.8. The smallest absolute Gasteiger partial charge is 0.264 e. The highest BCUT2D eigenvalue weighted by Crippen LogP contribution is 2.34. The number of aromatic amines is 1. The highest BCUT2D eigenvalue weighted by Gasteiger charge is 2.41. The maximum absolute atomic E-state index is 11.2. The van der Waals surface area contributed by atoms with E-state index in [4.69, 9.17) is 4.98 Å². The summed E-state index contributed by atoms with van der Waals surface area (Å²) in [6.45, 7) is 3.89. The molecule has 25 heavy (non-hydrogen) atoms. The van der Waals surface area contributed by atoms with Gasteiger partial charge < -0.3 is 9.80 Å². The van der Waals surface area contributed by atoms with Gasteiger partial charge in [-0.25, -0.2) is 10.1 Å². The van der Waals surface area contributed by atoms with Crippen LogP contribution in [0.15, 0.2) is 47.4 Å². The topological polar surface area (TPSA) is 78.0 Å². The summed E-state index contributed by atoms with van der Waals surface area (Å²) in [7, 11) is 0. The van der Waals surface area contributed by atoms with Crippen LogP contribution in [-0.2, 0) is 0 Å². The quantitative estimate of drug-likeness (QED) is 0.761. The molecule has 2 saturated heterocycles. The van der Waals surface area contributed by atoms with Gasteiger partial charge in [0.2, 0.25) is 0 Å². The van der Waals surface area contributed by atoms with Gasteiger partial charge >= 0.3 is 0 Å². The first-order valence-electron chi connectivity index (χ1n) is 8.54. The van der Waals surface area contributed by atoms with Crippen molar-refractivity contribution < 1.29 is 0 Å². The summed E-state index contributed by atoms with van der Waals surface area (Å²) >= 11 is 0. The van der Waals surface area contributed by atoms with E-state index in [0.717, 1.165) is 48.8 Å². The molecule has 2 fully saturated rings. The van der Waals surface area contributed by atoms with Gasteiger partial charge in [0.15, 0.2) is 0 Å². The predicted molar refractivity (Wildman–Crippen MR) is 95.8 cm³/mol. The first-order chi connectivity index (χ1) is 12.3. The van der Waals surface area contributed by atoms with E-state index in [2.05, 4.69) is 25.0 Å². The van der Waals surface area contributed by atoms with Gasteiger partial charge in [0.05, 0.1) is 17.2 Å². The van der Waals surface area contributed by atoms with Crippen LogP contribution in [0.1, 0.15) is 0 Å². The minimum absolute atomic E-state index is 0.163. The van der Waals surface area contributed by atoms with Crippen molar-refractivity contribution in [3.05, 3.63) is 52.9 Å². The number of nitrogens with one attached hydrogen (secondary N) is 1. The average Bonchev–Trinajstić information content (AvgIpc) is 3.21. The Morgan fingerprint density at radius 1 is 0.880 bits per heavy atom. The molecule has 2 aliphatic heterocycles. The molecule has 2 atom stereocenters. The SMILES string of the molecule is O=c1ccc(N2CC3CN(c4cnc5ccccc5n4)CC3C2)n[nH]1. The fourth-order valence-electron chi connectivity index (χ4n) is 3.98. The number of nitrogens with zero attached hydrogens (tertiary/aromatic N) is 5. The molecule has 7 nitrogen and oxygen atoms in total. The number of hydrogen-bond donors (Lipinski definition) is 1. The fourth-order valence-corrected chi connectivity index (χ4v) is 3.98. The number of anilines is 2. The molecule has 1 aromatic carbocycles. The van der Waals surface area contributed by atoms with E-state index in [1.54, 1.807) is 6.07 Å². The Bertz CT molecular complexity index is 952. The number of hydrogen-bond acceptors (Lipinski definition) is 6. The van der Waals surface area contributed by atoms with Gasteiger partial charge in [0.25, 0.3) is 5.56 Å². The van der Waals surface area contributed by atoms with Crippen LogP contribution < -0.4 is 15.4 Å². The molecule has 4 heterocycles. The molecule has 5 rings (SSSR count). The molecular weight excluding hydrogens is 316 g/mol. The molecule has 3 aromatic rings. The fraction of sp³-hybridized carbons (Fsp3) is 0.333. The second-order valence-corrected chi connectivity index (χ2v) is 6.83. The van der Waals surface area contributed by atoms with Crippen LogP contribution >= 0.6 is 0 Å². The Labute approximate surface area is 144 Å². The van der Waals surface area contributed by atoms with Crippen molar-refractivity contribution in [1.29, 1.82) is 0 Å². The van der Waals surface area contributed by atoms with Crippen molar-refractivity contribution in [1.82, 2.24) is 20.2 Å². The Kier molecular flexibility index (Phi) is 3.19. The number of benzene rings is 1. The van der Waals surface area contributed by atoms with Crippen molar-refractivity contribution in [2.75, 3.05) is 36.0 Å². The molecule has 0 spiro atoms. The molecule has 0 radical (unpaired) electrons. The lowest BCUT2D eigenvalue weighted by Gasteiger charge is -2.22. The van der Waals surface area contributed by atoms with Gasteiger partial charge in [-0.3, -0.25) is 9.78 Å². The van der Waals surface area contributed by atoms with Crippen LogP contribution in [0.4, 0.5) is 11.6 Å². The molecule has 2 aliphatic rings. The first kappa shape index (κ1) is 14.4. The zero-order valence-electron chi connectivity index (χ0n) is 13.7. The Balaban J connectivity index is 1.33. The minimum atomic E-state index is -0.163. The largest absolute Gasteiger partial charge is 0.355 e. The maximum atomic E-state index is 11.2. The van der Waals surface area contributed by atoms with Crippen molar-refractivity contribution in [2.45, 2.75) is 0 Å². The number of aromatic nitrogens is 4. The Morgan fingerprint density at radius 2 is 1.56 bits per heavy atom. The van der Waals surface area contributed by atoms with Gasteiger partial charge in [0, 0.05) is 44.1 Å². The summed E-state index contributed by atoms with van der Waals surface area (Å²) in [5.74, 6) is 2.98. The van der Waals surface area contributed by atoms with Crippen molar-refractivity contribution in [3.8, 4) is 0 Å². The number of H-pyrrole nitrogens is 1. The van der Waals surface area contributed by atoms with Crippen molar-refractivity contribution in [2.24, 2.45) is 11.8 Å². The summed E-state index contributed by atoms with van der Waals surface area (Å²) in [5, 5.41) is 6.67. The monoisotopic (exact) mass is 334 g/mol. The van der Waals surface area contributed by atoms with Gasteiger partial charge in [0.1, 0.15) is 11.6 Å². The second kappa shape index (κ2) is 5.54. The minimum Gasteiger partial charge on any atom is -0.355 e. The molecule has 2 unspecified atom stereocenters. The van der Waals surface area contributed by atoms with Crippen LogP contribution in [0.5, 0.6) is 0 Å². The van der Waals surface area contributed by atoms with Crippen LogP contribution in [0.25, 0.3) is 11.0 Å². The van der Waals surface area contributed by atoms with E-state index in [9.17, 15) is 4.79 Å². The lowest BCUT2D eigenvalue weighted by molar-refractivity contribution is 0.533. The van der Waals surface area contributed by atoms with Crippen molar-refractivity contribution in [3.63, 3.8) is 0 Å². The highest BCUT2D eigenvalue weighted by atomic mass is 16.1. The standard InChI is InChI=1S/C18H18N6O/c25-18-6-5-16(21-22-18)23-8-12-10-24(11-13(12)9-23)17-7-19-14-3-1-2-4-15(14)20-17/h1-7,12-13H,8-11H2,(H,22,25). The van der Waals surface area contributed by atoms with Gasteiger partial charge in [-0.2, -0.15) is 5.10 Å². The molecule has 0 saturated carbocycles. The summed E-state index contributed by atoms with van der Waals surface area (Å²) < 4.78 is 0. The van der Waals surface area contributed by atoms with E-state index >= 15 is 0 Å². The van der Waals surface area contributed by atoms with Crippen LogP contribution in [-0.4, -0.2) is 46.3 Å². The third-order valence-corrected chi connectivity index (χ3v) is 5.23. The van der Waals surface area contributed by atoms with Crippen LogP contribution in [0.2, 0.25) is 0 Å². The molecule has 126 valence electrons. The first-order valence-corrected chi connectivity index (χ1v) is 8.54. The Hall–Kier alpha value is -2.96. The summed E-state index contributed by atoms with van der Waals surface area (Å²) in [6.07, 6.45) is 1.88. The summed E-state index contributed by atoms with van der Waals surface area (Å²) in [6, 6.07) is 11.3. The number of fused-ring (bicyclic) bond motifs is 2. The van der Waals surface area contributed by atoms with Gasteiger partial charge in [-0.05, 0) is 18.2 Å². The second-order valence-electron chi connectivity index (χ2n) is 6.83. The highest BCUT2D eigenvalue weighted by molar-refractivity contribution is 5.75. The third-order valence-electron chi connectivity index (χ3n) is 5.23. The zero-order valence-corrected chi connectivity index (χ0v) is 13.7. The Morgan fingerprint density at radius 3 is 2.24 bits per heavy atom. The molecule has 7 heteroatoms. The summed E-state index contributed by atoms with van der Waals surface area (Å²) in [5.41, 5.74) is 1.71. The summed E-state index contributed by atoms with van der Waals surface area (Å²) in [4.78, 5) is 25.1. The third kappa shape index (κ3) is 2.52. The lowest BCUT2D eigenvalue weighted by Crippen LogP contribution is -2.30. The molecule has 1 N–H and O–H groups in total. The van der Waals surface area contributed by atoms with E-state index in [1.807, 2.05) is 30.5 Å². The molecule has 2 aromatic heterocycles. The van der Waals surface area contributed by atoms with E-state index in [0.29, 0.717) is 11.8 Å². The van der Waals surface area contributed by atoms with Crippen LogP contribution in [0.3, 0.4) is 0 Å². The number of rotatable bonds is 2. The predicted octanol–water partition coefficient (Wildman–Crippen LogP) is 1.29. The average molecular weight is 334 g/mol. The molecular formula is C18H18N6O. The number of para-hydroxylation sites is 2. The van der Waals surface area contributed by atoms with Gasteiger partial charge in [-0.15, -0.1) is 0 Å². The normalized spacial score (nSPS) is 22.6. The van der Waals surface area contributed by atoms with Crippen LogP contribution in [0, 0.1) is 11.8 Å². The van der Waals surface area contributed by atoms with E-state index in [-0.39, 0.29) is 5.56 Å². The van der Waals surface area contributed by atoms with E-state index < -0.39 is 0 Å². The lowest BCUT2D eigenvalue weighted by atomic mass is 10.0. The van der Waals surface area contributed by atoms with E-state index in [1.165, 1.54) is 6.07 Å². The maximum Gasteiger partial charge on any atom is 0.264 e. The van der Waals surface area contributed by atoms with Crippen molar-refractivity contribution >= 4 is 22.7 Å².